The lowest BCUT2D eigenvalue weighted by Crippen LogP contribution is -2.37. The molecule has 0 saturated carbocycles. The molecule has 3 N–H and O–H groups in total. The summed E-state index contributed by atoms with van der Waals surface area (Å²) in [5.74, 6) is 0.194. The van der Waals surface area contributed by atoms with Crippen LogP contribution >= 0.6 is 0 Å². The number of sulfonamides is 1. The van der Waals surface area contributed by atoms with Crippen molar-refractivity contribution in [2.45, 2.75) is 47.5 Å². The van der Waals surface area contributed by atoms with E-state index in [-0.39, 0.29) is 12.2 Å². The Labute approximate surface area is 234 Å². The molecule has 0 fully saturated rings. The first-order valence-electron chi connectivity index (χ1n) is 13.2. The van der Waals surface area contributed by atoms with Crippen molar-refractivity contribution < 1.29 is 27.2 Å². The zero-order chi connectivity index (χ0) is 29.0. The molecule has 0 saturated heterocycles. The van der Waals surface area contributed by atoms with Gasteiger partial charge >= 0.3 is 0 Å². The molecule has 212 valence electrons. The standard InChI is InChI=1S/C30H35N3O6S/c1-18-15-23(16-19(2)21(18)4)38-13-8-10-25-24-9-6-7-11-27(24)32-28(25)30(35)33-40(36,37)14-12-31-29(34)26-17-20(3)39-22(26)5/h6-7,9,11,15-17,32H,8,10,12-14H2,1-5H3,(H,31,34)(H,33,35). The van der Waals surface area contributed by atoms with Crippen LogP contribution in [0.3, 0.4) is 0 Å². The van der Waals surface area contributed by atoms with E-state index in [1.807, 2.05) is 36.4 Å². The molecule has 2 aromatic heterocycles. The van der Waals surface area contributed by atoms with Crippen molar-refractivity contribution in [2.24, 2.45) is 0 Å². The molecule has 0 aliphatic heterocycles. The lowest BCUT2D eigenvalue weighted by atomic mass is 10.0. The van der Waals surface area contributed by atoms with Crippen molar-refractivity contribution in [1.82, 2.24) is 15.0 Å². The molecule has 9 nitrogen and oxygen atoms in total. The van der Waals surface area contributed by atoms with Crippen molar-refractivity contribution in [1.29, 1.82) is 0 Å². The first-order chi connectivity index (χ1) is 18.9. The van der Waals surface area contributed by atoms with Gasteiger partial charge in [-0.1, -0.05) is 18.2 Å². The molecule has 2 heterocycles. The van der Waals surface area contributed by atoms with Gasteiger partial charge in [0.1, 0.15) is 23.0 Å². The Kier molecular flexibility index (Phi) is 8.68. The average Bonchev–Trinajstić information content (AvgIpc) is 3.43. The number of hydrogen-bond acceptors (Lipinski definition) is 6. The first-order valence-corrected chi connectivity index (χ1v) is 14.8. The van der Waals surface area contributed by atoms with Gasteiger partial charge in [-0.25, -0.2) is 13.1 Å². The Morgan fingerprint density at radius 3 is 2.35 bits per heavy atom. The van der Waals surface area contributed by atoms with E-state index in [1.54, 1.807) is 19.9 Å². The molecule has 0 unspecified atom stereocenters. The number of carbonyl (C=O) groups excluding carboxylic acids is 2. The number of ether oxygens (including phenoxy) is 1. The third-order valence-electron chi connectivity index (χ3n) is 6.97. The van der Waals surface area contributed by atoms with Gasteiger partial charge in [-0.15, -0.1) is 0 Å². The van der Waals surface area contributed by atoms with Crippen LogP contribution in [0.1, 0.15) is 61.0 Å². The van der Waals surface area contributed by atoms with E-state index in [0.29, 0.717) is 36.5 Å². The second-order valence-corrected chi connectivity index (χ2v) is 11.8. The summed E-state index contributed by atoms with van der Waals surface area (Å²) in [6, 6.07) is 13.1. The van der Waals surface area contributed by atoms with Gasteiger partial charge in [-0.2, -0.15) is 0 Å². The van der Waals surface area contributed by atoms with Gasteiger partial charge in [0.05, 0.1) is 17.9 Å². The maximum absolute atomic E-state index is 13.1. The SMILES string of the molecule is Cc1cc(C(=O)NCCS(=O)(=O)NC(=O)c2[nH]c3ccccc3c2CCCOc2cc(C)c(C)c(C)c2)c(C)o1. The maximum atomic E-state index is 13.1. The van der Waals surface area contributed by atoms with E-state index in [1.165, 1.54) is 5.56 Å². The van der Waals surface area contributed by atoms with Crippen LogP contribution in [0.15, 0.2) is 46.9 Å². The predicted molar refractivity (Wildman–Crippen MR) is 155 cm³/mol. The summed E-state index contributed by atoms with van der Waals surface area (Å²) in [6.07, 6.45) is 1.13. The summed E-state index contributed by atoms with van der Waals surface area (Å²) in [5.41, 5.74) is 5.57. The van der Waals surface area contributed by atoms with Gasteiger partial charge in [0.2, 0.25) is 10.0 Å². The third kappa shape index (κ3) is 6.74. The zero-order valence-electron chi connectivity index (χ0n) is 23.4. The van der Waals surface area contributed by atoms with E-state index >= 15 is 0 Å². The number of benzene rings is 2. The number of hydrogen-bond donors (Lipinski definition) is 3. The van der Waals surface area contributed by atoms with Crippen LogP contribution in [0.25, 0.3) is 10.9 Å². The Hall–Kier alpha value is -4.05. The second kappa shape index (κ2) is 12.0. The number of furan rings is 1. The fraction of sp³-hybridized carbons (Fsp3) is 0.333. The van der Waals surface area contributed by atoms with Crippen LogP contribution < -0.4 is 14.8 Å². The Balaban J connectivity index is 1.39. The van der Waals surface area contributed by atoms with Crippen LogP contribution in [-0.2, 0) is 16.4 Å². The van der Waals surface area contributed by atoms with Crippen LogP contribution in [0.4, 0.5) is 0 Å². The minimum Gasteiger partial charge on any atom is -0.494 e. The quantitative estimate of drug-likeness (QED) is 0.224. The largest absolute Gasteiger partial charge is 0.494 e. The number of aromatic amines is 1. The van der Waals surface area contributed by atoms with Crippen molar-refractivity contribution in [3.63, 3.8) is 0 Å². The molecular weight excluding hydrogens is 530 g/mol. The minimum absolute atomic E-state index is 0.167. The Bertz CT molecular complexity index is 1640. The summed E-state index contributed by atoms with van der Waals surface area (Å²) in [6.45, 7) is 9.84. The summed E-state index contributed by atoms with van der Waals surface area (Å²) >= 11 is 0. The number of fused-ring (bicyclic) bond motifs is 1. The zero-order valence-corrected chi connectivity index (χ0v) is 24.3. The summed E-state index contributed by atoms with van der Waals surface area (Å²) < 4.78 is 38.8. The highest BCUT2D eigenvalue weighted by Gasteiger charge is 2.23. The molecular formula is C30H35N3O6S. The van der Waals surface area contributed by atoms with E-state index in [9.17, 15) is 18.0 Å². The van der Waals surface area contributed by atoms with E-state index < -0.39 is 27.6 Å². The van der Waals surface area contributed by atoms with Crippen LogP contribution in [0.2, 0.25) is 0 Å². The van der Waals surface area contributed by atoms with E-state index in [0.717, 1.165) is 33.3 Å². The third-order valence-corrected chi connectivity index (χ3v) is 8.21. The molecule has 4 aromatic rings. The van der Waals surface area contributed by atoms with Gasteiger partial charge in [0.15, 0.2) is 0 Å². The lowest BCUT2D eigenvalue weighted by molar-refractivity contribution is 0.0953. The molecule has 0 atom stereocenters. The number of rotatable bonds is 11. The Morgan fingerprint density at radius 2 is 1.68 bits per heavy atom. The smallest absolute Gasteiger partial charge is 0.281 e. The number of nitrogens with one attached hydrogen (secondary N) is 3. The van der Waals surface area contributed by atoms with Crippen LogP contribution in [0, 0.1) is 34.6 Å². The summed E-state index contributed by atoms with van der Waals surface area (Å²) in [4.78, 5) is 28.5. The fourth-order valence-electron chi connectivity index (χ4n) is 4.67. The normalized spacial score (nSPS) is 11.5. The Morgan fingerprint density at radius 1 is 0.975 bits per heavy atom. The molecule has 0 bridgehead atoms. The highest BCUT2D eigenvalue weighted by atomic mass is 32.2. The molecule has 0 aliphatic rings. The molecule has 10 heteroatoms. The molecule has 0 radical (unpaired) electrons. The number of para-hydroxylation sites is 1. The van der Waals surface area contributed by atoms with Crippen LogP contribution in [-0.4, -0.2) is 44.1 Å². The van der Waals surface area contributed by atoms with E-state index in [4.69, 9.17) is 9.15 Å². The highest BCUT2D eigenvalue weighted by Crippen LogP contribution is 2.25. The summed E-state index contributed by atoms with van der Waals surface area (Å²) in [7, 11) is -4.02. The maximum Gasteiger partial charge on any atom is 0.281 e. The predicted octanol–water partition coefficient (Wildman–Crippen LogP) is 4.80. The van der Waals surface area contributed by atoms with Crippen molar-refractivity contribution in [3.05, 3.63) is 87.5 Å². The van der Waals surface area contributed by atoms with E-state index in [2.05, 4.69) is 35.8 Å². The number of amides is 2. The van der Waals surface area contributed by atoms with Crippen molar-refractivity contribution in [3.8, 4) is 5.75 Å². The van der Waals surface area contributed by atoms with Gasteiger partial charge in [-0.3, -0.25) is 9.59 Å². The molecule has 2 aromatic carbocycles. The molecule has 40 heavy (non-hydrogen) atoms. The number of aryl methyl sites for hydroxylation is 5. The minimum atomic E-state index is -4.02. The van der Waals surface area contributed by atoms with Gasteiger partial charge in [0.25, 0.3) is 11.8 Å². The molecule has 4 rings (SSSR count). The lowest BCUT2D eigenvalue weighted by Gasteiger charge is -2.11. The molecule has 0 aliphatic carbocycles. The fourth-order valence-corrected chi connectivity index (χ4v) is 5.52. The van der Waals surface area contributed by atoms with Gasteiger partial charge in [0, 0.05) is 17.4 Å². The molecule has 0 spiro atoms. The van der Waals surface area contributed by atoms with Crippen molar-refractivity contribution in [2.75, 3.05) is 18.9 Å². The number of aromatic nitrogens is 1. The van der Waals surface area contributed by atoms with Crippen molar-refractivity contribution >= 4 is 32.7 Å². The first kappa shape index (κ1) is 28.9. The summed E-state index contributed by atoms with van der Waals surface area (Å²) in [5, 5.41) is 3.41. The van der Waals surface area contributed by atoms with Gasteiger partial charge in [-0.05, 0) is 94.0 Å². The number of H-pyrrole nitrogens is 1. The second-order valence-electron chi connectivity index (χ2n) is 9.99. The highest BCUT2D eigenvalue weighted by molar-refractivity contribution is 7.90. The molecule has 2 amide bonds. The monoisotopic (exact) mass is 565 g/mol. The average molecular weight is 566 g/mol. The van der Waals surface area contributed by atoms with Crippen LogP contribution in [0.5, 0.6) is 5.75 Å². The topological polar surface area (TPSA) is 130 Å². The number of carbonyl (C=O) groups is 2. The van der Waals surface area contributed by atoms with Gasteiger partial charge < -0.3 is 19.5 Å².